The fourth-order valence-electron chi connectivity index (χ4n) is 5.45. The minimum absolute atomic E-state index is 0.275. The van der Waals surface area contributed by atoms with Gasteiger partial charge in [-0.1, -0.05) is 6.42 Å². The van der Waals surface area contributed by atoms with Gasteiger partial charge in [0.05, 0.1) is 19.3 Å². The number of thioether (sulfide) groups is 1. The average molecular weight is 430 g/mol. The lowest BCUT2D eigenvalue weighted by molar-refractivity contribution is -0.117. The molecule has 0 unspecified atom stereocenters. The van der Waals surface area contributed by atoms with Crippen LogP contribution in [0.5, 0.6) is 0 Å². The number of hydrogen-bond acceptors (Lipinski definition) is 5. The third-order valence-corrected chi connectivity index (χ3v) is 8.56. The maximum Gasteiger partial charge on any atom is 0.227 e. The molecule has 3 aliphatic heterocycles. The highest BCUT2D eigenvalue weighted by molar-refractivity contribution is 8.00. The zero-order chi connectivity index (χ0) is 20.3. The minimum atomic E-state index is 0.275. The molecule has 0 radical (unpaired) electrons. The monoisotopic (exact) mass is 429 g/mol. The van der Waals surface area contributed by atoms with Crippen molar-refractivity contribution in [3.8, 4) is 0 Å². The Labute approximate surface area is 185 Å². The first-order chi connectivity index (χ1) is 14.8. The largest absolute Gasteiger partial charge is 0.379 e. The summed E-state index contributed by atoms with van der Waals surface area (Å²) in [6.07, 6.45) is 8.49. The Bertz CT molecular complexity index is 710. The first kappa shape index (κ1) is 20.8. The molecule has 1 atom stereocenters. The summed E-state index contributed by atoms with van der Waals surface area (Å²) in [6.45, 7) is 7.17. The Morgan fingerprint density at radius 2 is 1.70 bits per heavy atom. The second-order valence-electron chi connectivity index (χ2n) is 9.32. The smallest absolute Gasteiger partial charge is 0.227 e. The number of nitrogens with zero attached hydrogens (tertiary/aromatic N) is 3. The van der Waals surface area contributed by atoms with Gasteiger partial charge in [0.15, 0.2) is 0 Å². The van der Waals surface area contributed by atoms with Crippen molar-refractivity contribution in [2.24, 2.45) is 0 Å². The Hall–Kier alpha value is -1.08. The van der Waals surface area contributed by atoms with Gasteiger partial charge in [0, 0.05) is 47.9 Å². The molecule has 164 valence electrons. The van der Waals surface area contributed by atoms with E-state index < -0.39 is 0 Å². The Balaban J connectivity index is 1.15. The summed E-state index contributed by atoms with van der Waals surface area (Å²) in [6, 6.07) is 9.91. The summed E-state index contributed by atoms with van der Waals surface area (Å²) < 4.78 is 5.47. The molecular formula is C24H35N3O2S. The van der Waals surface area contributed by atoms with Gasteiger partial charge in [-0.05, 0) is 69.5 Å². The molecule has 0 N–H and O–H groups in total. The fourth-order valence-corrected chi connectivity index (χ4v) is 6.76. The van der Waals surface area contributed by atoms with E-state index in [2.05, 4.69) is 39.0 Å². The van der Waals surface area contributed by atoms with Gasteiger partial charge in [-0.2, -0.15) is 0 Å². The van der Waals surface area contributed by atoms with Crippen molar-refractivity contribution in [3.05, 3.63) is 24.3 Å². The molecular weight excluding hydrogens is 394 g/mol. The average Bonchev–Trinajstić information content (AvgIpc) is 3.12. The maximum atomic E-state index is 12.6. The molecule has 1 saturated carbocycles. The van der Waals surface area contributed by atoms with E-state index in [1.54, 1.807) is 0 Å². The van der Waals surface area contributed by atoms with Crippen molar-refractivity contribution >= 4 is 23.4 Å². The van der Waals surface area contributed by atoms with Crippen molar-refractivity contribution in [1.82, 2.24) is 9.80 Å². The van der Waals surface area contributed by atoms with Crippen LogP contribution in [0.25, 0.3) is 0 Å². The predicted molar refractivity (Wildman–Crippen MR) is 122 cm³/mol. The molecule has 3 saturated heterocycles. The SMILES string of the molecule is O=C1CC[C@@H](CN2CCOCC2)N1c1ccc(S[C@H]2C[C@H](N3CCCCC3)C2)cc1. The number of carbonyl (C=O) groups is 1. The normalized spacial score (nSPS) is 31.1. The molecule has 4 aliphatic rings. The molecule has 0 aromatic heterocycles. The lowest BCUT2D eigenvalue weighted by Gasteiger charge is -2.44. The van der Waals surface area contributed by atoms with Crippen molar-refractivity contribution in [2.75, 3.05) is 50.8 Å². The van der Waals surface area contributed by atoms with E-state index in [0.29, 0.717) is 12.5 Å². The van der Waals surface area contributed by atoms with Crippen molar-refractivity contribution in [2.45, 2.75) is 67.2 Å². The van der Waals surface area contributed by atoms with Gasteiger partial charge in [-0.15, -0.1) is 11.8 Å². The molecule has 5 nitrogen and oxygen atoms in total. The van der Waals surface area contributed by atoms with Gasteiger partial charge in [0.25, 0.3) is 0 Å². The van der Waals surface area contributed by atoms with Crippen LogP contribution in [-0.2, 0) is 9.53 Å². The van der Waals surface area contributed by atoms with Crippen molar-refractivity contribution in [3.63, 3.8) is 0 Å². The van der Waals surface area contributed by atoms with Crippen LogP contribution in [-0.4, -0.2) is 79.0 Å². The minimum Gasteiger partial charge on any atom is -0.379 e. The molecule has 3 heterocycles. The molecule has 1 aliphatic carbocycles. The quantitative estimate of drug-likeness (QED) is 0.690. The highest BCUT2D eigenvalue weighted by atomic mass is 32.2. The number of rotatable bonds is 6. The fraction of sp³-hybridized carbons (Fsp3) is 0.708. The van der Waals surface area contributed by atoms with E-state index in [1.807, 2.05) is 11.8 Å². The van der Waals surface area contributed by atoms with Crippen LogP contribution in [0.1, 0.15) is 44.9 Å². The zero-order valence-electron chi connectivity index (χ0n) is 18.0. The van der Waals surface area contributed by atoms with Crippen LogP contribution in [0.15, 0.2) is 29.2 Å². The van der Waals surface area contributed by atoms with Crippen LogP contribution >= 0.6 is 11.8 Å². The Kier molecular flexibility index (Phi) is 6.65. The molecule has 1 amide bonds. The molecule has 0 spiro atoms. The Morgan fingerprint density at radius 1 is 0.967 bits per heavy atom. The number of carbonyl (C=O) groups excluding carboxylic acids is 1. The Morgan fingerprint density at radius 3 is 2.43 bits per heavy atom. The van der Waals surface area contributed by atoms with Crippen LogP contribution in [0.2, 0.25) is 0 Å². The summed E-state index contributed by atoms with van der Waals surface area (Å²) >= 11 is 2.03. The van der Waals surface area contributed by atoms with Gasteiger partial charge >= 0.3 is 0 Å². The molecule has 5 rings (SSSR count). The summed E-state index contributed by atoms with van der Waals surface area (Å²) in [5.74, 6) is 0.275. The van der Waals surface area contributed by atoms with Crippen LogP contribution < -0.4 is 4.90 Å². The molecule has 4 fully saturated rings. The summed E-state index contributed by atoms with van der Waals surface area (Å²) in [4.78, 5) is 21.2. The highest BCUT2D eigenvalue weighted by Gasteiger charge is 2.35. The summed E-state index contributed by atoms with van der Waals surface area (Å²) in [7, 11) is 0. The number of piperidine rings is 1. The molecule has 6 heteroatoms. The summed E-state index contributed by atoms with van der Waals surface area (Å²) in [5, 5.41) is 0.755. The van der Waals surface area contributed by atoms with Crippen molar-refractivity contribution < 1.29 is 9.53 Å². The lowest BCUT2D eigenvalue weighted by Crippen LogP contribution is -2.48. The number of hydrogen-bond donors (Lipinski definition) is 0. The number of likely N-dealkylation sites (tertiary alicyclic amines) is 1. The predicted octanol–water partition coefficient (Wildman–Crippen LogP) is 3.62. The van der Waals surface area contributed by atoms with Crippen LogP contribution in [0.3, 0.4) is 0 Å². The van der Waals surface area contributed by atoms with Gasteiger partial charge in [0.2, 0.25) is 5.91 Å². The highest BCUT2D eigenvalue weighted by Crippen LogP contribution is 2.40. The summed E-state index contributed by atoms with van der Waals surface area (Å²) in [5.41, 5.74) is 1.07. The van der Waals surface area contributed by atoms with Gasteiger partial charge in [-0.3, -0.25) is 9.69 Å². The first-order valence-electron chi connectivity index (χ1n) is 11.9. The third kappa shape index (κ3) is 4.72. The van der Waals surface area contributed by atoms with E-state index in [9.17, 15) is 4.79 Å². The molecule has 1 aromatic carbocycles. The zero-order valence-corrected chi connectivity index (χ0v) is 18.8. The first-order valence-corrected chi connectivity index (χ1v) is 12.8. The second kappa shape index (κ2) is 9.60. The lowest BCUT2D eigenvalue weighted by atomic mass is 9.89. The molecule has 30 heavy (non-hydrogen) atoms. The topological polar surface area (TPSA) is 36.0 Å². The number of benzene rings is 1. The van der Waals surface area contributed by atoms with E-state index in [-0.39, 0.29) is 5.91 Å². The van der Waals surface area contributed by atoms with Crippen LogP contribution in [0.4, 0.5) is 5.69 Å². The van der Waals surface area contributed by atoms with E-state index >= 15 is 0 Å². The van der Waals surface area contributed by atoms with Crippen molar-refractivity contribution in [1.29, 1.82) is 0 Å². The number of anilines is 1. The van der Waals surface area contributed by atoms with Gasteiger partial charge < -0.3 is 14.5 Å². The van der Waals surface area contributed by atoms with Gasteiger partial charge in [-0.25, -0.2) is 0 Å². The standard InChI is InChI=1S/C24H35N3O2S/c28-24-9-6-20(18-25-12-14-29-15-13-25)27(24)19-4-7-22(8-5-19)30-23-16-21(17-23)26-10-2-1-3-11-26/h4-5,7-8,20-21,23H,1-3,6,9-18H2/t20-,21-,23-/m0/s1. The van der Waals surface area contributed by atoms with Gasteiger partial charge in [0.1, 0.15) is 0 Å². The van der Waals surface area contributed by atoms with Crippen LogP contribution in [0, 0.1) is 0 Å². The third-order valence-electron chi connectivity index (χ3n) is 7.29. The number of morpholine rings is 1. The molecule has 0 bridgehead atoms. The van der Waals surface area contributed by atoms with E-state index in [1.165, 1.54) is 50.1 Å². The van der Waals surface area contributed by atoms with E-state index in [0.717, 1.165) is 56.2 Å². The maximum absolute atomic E-state index is 12.6. The van der Waals surface area contributed by atoms with E-state index in [4.69, 9.17) is 4.74 Å². The second-order valence-corrected chi connectivity index (χ2v) is 10.7. The number of amides is 1. The molecule has 1 aromatic rings. The number of ether oxygens (including phenoxy) is 1.